The van der Waals surface area contributed by atoms with E-state index in [1.807, 2.05) is 13.8 Å². The molecule has 0 aromatic carbocycles. The molecule has 0 saturated heterocycles. The normalized spacial score (nSPS) is 7.10. The van der Waals surface area contributed by atoms with E-state index in [9.17, 15) is 4.79 Å². The molecule has 0 aliphatic rings. The Labute approximate surface area is 62.4 Å². The summed E-state index contributed by atoms with van der Waals surface area (Å²) in [6, 6.07) is 0. The van der Waals surface area contributed by atoms with E-state index in [0.717, 1.165) is 0 Å². The Hall–Kier alpha value is -1.05. The molecule has 2 nitrogen and oxygen atoms in total. The van der Waals surface area contributed by atoms with Gasteiger partial charge in [0.25, 0.3) is 0 Å². The Morgan fingerprint density at radius 1 is 1.20 bits per heavy atom. The van der Waals surface area contributed by atoms with Crippen molar-refractivity contribution in [2.24, 2.45) is 5.73 Å². The molecule has 0 aromatic heterocycles. The first-order valence-electron chi connectivity index (χ1n) is 2.95. The van der Waals surface area contributed by atoms with Gasteiger partial charge in [0.15, 0.2) is 0 Å². The Kier molecular flexibility index (Phi) is 7.12. The van der Waals surface area contributed by atoms with Crippen LogP contribution < -0.4 is 5.73 Å². The zero-order valence-electron chi connectivity index (χ0n) is 6.90. The predicted octanol–water partition coefficient (Wildman–Crippen LogP) is 1.63. The van der Waals surface area contributed by atoms with Crippen molar-refractivity contribution in [2.45, 2.75) is 20.8 Å². The number of carbonyl (C=O) groups is 1. The molecular weight excluding hydrogens is 126 g/mol. The van der Waals surface area contributed by atoms with Crippen molar-refractivity contribution in [1.29, 1.82) is 0 Å². The molecule has 0 unspecified atom stereocenters. The van der Waals surface area contributed by atoms with Crippen LogP contribution in [0.15, 0.2) is 24.3 Å². The van der Waals surface area contributed by atoms with Gasteiger partial charge in [-0.1, -0.05) is 12.2 Å². The predicted molar refractivity (Wildman–Crippen MR) is 44.5 cm³/mol. The summed E-state index contributed by atoms with van der Waals surface area (Å²) in [6.07, 6.45) is 0. The lowest BCUT2D eigenvalue weighted by Crippen LogP contribution is -2.10. The number of hydrogen-bond donors (Lipinski definition) is 1. The third-order valence-corrected chi connectivity index (χ3v) is 0.421. The van der Waals surface area contributed by atoms with Crippen LogP contribution in [-0.2, 0) is 4.79 Å². The number of carbonyl (C=O) groups excluding carboxylic acids is 1. The Morgan fingerprint density at radius 2 is 1.30 bits per heavy atom. The van der Waals surface area contributed by atoms with Gasteiger partial charge >= 0.3 is 0 Å². The van der Waals surface area contributed by atoms with Crippen LogP contribution in [0, 0.1) is 0 Å². The molecule has 0 rings (SSSR count). The van der Waals surface area contributed by atoms with Gasteiger partial charge < -0.3 is 5.73 Å². The molecule has 0 radical (unpaired) electrons. The van der Waals surface area contributed by atoms with E-state index in [-0.39, 0.29) is 0 Å². The number of hydrogen-bond acceptors (Lipinski definition) is 1. The van der Waals surface area contributed by atoms with Crippen molar-refractivity contribution in [3.63, 3.8) is 0 Å². The Balaban J connectivity index is 0. The second-order valence-corrected chi connectivity index (χ2v) is 2.35. The molecule has 0 bridgehead atoms. The fourth-order valence-corrected chi connectivity index (χ4v) is 0. The van der Waals surface area contributed by atoms with Crippen LogP contribution in [0.3, 0.4) is 0 Å². The number of amides is 1. The highest BCUT2D eigenvalue weighted by Crippen LogP contribution is 1.78. The van der Waals surface area contributed by atoms with Gasteiger partial charge in [-0.2, -0.15) is 0 Å². The minimum atomic E-state index is -0.435. The topological polar surface area (TPSA) is 43.1 Å². The van der Waals surface area contributed by atoms with E-state index in [0.29, 0.717) is 5.57 Å². The van der Waals surface area contributed by atoms with Gasteiger partial charge in [-0.15, -0.1) is 6.58 Å². The van der Waals surface area contributed by atoms with Crippen LogP contribution in [0.25, 0.3) is 0 Å². The van der Waals surface area contributed by atoms with Crippen LogP contribution in [0.5, 0.6) is 0 Å². The van der Waals surface area contributed by atoms with Crippen molar-refractivity contribution < 1.29 is 4.79 Å². The quantitative estimate of drug-likeness (QED) is 0.437. The smallest absolute Gasteiger partial charge is 0.243 e. The average Bonchev–Trinajstić information content (AvgIpc) is 1.63. The molecule has 0 aromatic rings. The maximum absolute atomic E-state index is 9.82. The number of primary amides is 1. The molecule has 58 valence electrons. The second kappa shape index (κ2) is 6.08. The second-order valence-electron chi connectivity index (χ2n) is 2.35. The van der Waals surface area contributed by atoms with Gasteiger partial charge in [0.05, 0.1) is 0 Å². The first-order valence-corrected chi connectivity index (χ1v) is 2.95. The summed E-state index contributed by atoms with van der Waals surface area (Å²) in [4.78, 5) is 9.82. The molecule has 0 fully saturated rings. The van der Waals surface area contributed by atoms with Crippen molar-refractivity contribution >= 4 is 5.91 Å². The van der Waals surface area contributed by atoms with Gasteiger partial charge in [0.2, 0.25) is 5.91 Å². The molecule has 10 heavy (non-hydrogen) atoms. The SMILES string of the molecule is C=C(C)C.C=C(C)C(N)=O. The summed E-state index contributed by atoms with van der Waals surface area (Å²) in [5.74, 6) is -0.435. The molecule has 2 heteroatoms. The van der Waals surface area contributed by atoms with Crippen LogP contribution in [0.4, 0.5) is 0 Å². The van der Waals surface area contributed by atoms with E-state index in [2.05, 4.69) is 13.2 Å². The molecule has 0 spiro atoms. The van der Waals surface area contributed by atoms with E-state index in [1.54, 1.807) is 6.92 Å². The van der Waals surface area contributed by atoms with Crippen LogP contribution >= 0.6 is 0 Å². The Morgan fingerprint density at radius 3 is 1.30 bits per heavy atom. The Bertz CT molecular complexity index is 131. The first kappa shape index (κ1) is 11.7. The lowest BCUT2D eigenvalue weighted by molar-refractivity contribution is -0.114. The maximum atomic E-state index is 9.82. The van der Waals surface area contributed by atoms with Gasteiger partial charge in [-0.25, -0.2) is 0 Å². The minimum Gasteiger partial charge on any atom is -0.366 e. The third kappa shape index (κ3) is 28.3. The molecule has 0 heterocycles. The summed E-state index contributed by atoms with van der Waals surface area (Å²) in [6.45, 7) is 12.4. The van der Waals surface area contributed by atoms with Crippen molar-refractivity contribution in [3.8, 4) is 0 Å². The third-order valence-electron chi connectivity index (χ3n) is 0.421. The number of allylic oxidation sites excluding steroid dienone is 1. The largest absolute Gasteiger partial charge is 0.366 e. The van der Waals surface area contributed by atoms with Gasteiger partial charge in [-0.3, -0.25) is 4.79 Å². The summed E-state index contributed by atoms with van der Waals surface area (Å²) in [5.41, 5.74) is 6.26. The van der Waals surface area contributed by atoms with Gasteiger partial charge in [-0.05, 0) is 20.8 Å². The molecule has 0 saturated carbocycles. The van der Waals surface area contributed by atoms with Crippen molar-refractivity contribution in [1.82, 2.24) is 0 Å². The summed E-state index contributed by atoms with van der Waals surface area (Å²) in [5, 5.41) is 0. The number of rotatable bonds is 1. The monoisotopic (exact) mass is 141 g/mol. The first-order chi connectivity index (χ1) is 4.37. The summed E-state index contributed by atoms with van der Waals surface area (Å²) in [7, 11) is 0. The van der Waals surface area contributed by atoms with Crippen molar-refractivity contribution in [3.05, 3.63) is 24.3 Å². The van der Waals surface area contributed by atoms with E-state index in [4.69, 9.17) is 5.73 Å². The van der Waals surface area contributed by atoms with Crippen LogP contribution in [0.1, 0.15) is 20.8 Å². The fourth-order valence-electron chi connectivity index (χ4n) is 0. The highest BCUT2D eigenvalue weighted by atomic mass is 16.1. The highest BCUT2D eigenvalue weighted by molar-refractivity contribution is 5.90. The van der Waals surface area contributed by atoms with Crippen LogP contribution in [-0.4, -0.2) is 5.91 Å². The van der Waals surface area contributed by atoms with E-state index >= 15 is 0 Å². The molecule has 2 N–H and O–H groups in total. The fraction of sp³-hybridized carbons (Fsp3) is 0.375. The standard InChI is InChI=1S/C4H7NO.C4H8/c1-3(2)4(5)6;1-4(2)3/h1H2,2H3,(H2,5,6);1H2,2-3H3. The maximum Gasteiger partial charge on any atom is 0.243 e. The van der Waals surface area contributed by atoms with Gasteiger partial charge in [0, 0.05) is 5.57 Å². The molecule has 1 amide bonds. The molecular formula is C8H15NO. The van der Waals surface area contributed by atoms with Crippen molar-refractivity contribution in [2.75, 3.05) is 0 Å². The zero-order chi connectivity index (χ0) is 8.73. The van der Waals surface area contributed by atoms with E-state index < -0.39 is 5.91 Å². The number of nitrogens with two attached hydrogens (primary N) is 1. The summed E-state index contributed by atoms with van der Waals surface area (Å²) < 4.78 is 0. The zero-order valence-corrected chi connectivity index (χ0v) is 6.90. The highest BCUT2D eigenvalue weighted by Gasteiger charge is 1.86. The minimum absolute atomic E-state index is 0.398. The summed E-state index contributed by atoms with van der Waals surface area (Å²) >= 11 is 0. The average molecular weight is 141 g/mol. The molecule has 0 aliphatic heterocycles. The molecule has 0 atom stereocenters. The van der Waals surface area contributed by atoms with Gasteiger partial charge in [0.1, 0.15) is 0 Å². The lowest BCUT2D eigenvalue weighted by atomic mass is 10.3. The lowest BCUT2D eigenvalue weighted by Gasteiger charge is -1.81. The van der Waals surface area contributed by atoms with E-state index in [1.165, 1.54) is 5.57 Å². The molecule has 0 aliphatic carbocycles. The van der Waals surface area contributed by atoms with Crippen LogP contribution in [0.2, 0.25) is 0 Å².